The predicted octanol–water partition coefficient (Wildman–Crippen LogP) is 3.29. The zero-order valence-corrected chi connectivity index (χ0v) is 17.0. The first kappa shape index (κ1) is 19.6. The monoisotopic (exact) mass is 370 g/mol. The van der Waals surface area contributed by atoms with Crippen molar-refractivity contribution < 1.29 is 14.4 Å². The van der Waals surface area contributed by atoms with Gasteiger partial charge in [-0.1, -0.05) is 58.9 Å². The fourth-order valence-corrected chi connectivity index (χ4v) is 4.03. The standard InChI is InChI=1S/C22H30N2O3/c1-14-15(2)21(27)24(20(14)26)13-19(25)23-12-6-7-18(23)16-8-10-17(11-9-16)22(3,4)5/h8-11,14-15,18H,6-7,12-13H2,1-5H3. The lowest BCUT2D eigenvalue weighted by atomic mass is 9.86. The van der Waals surface area contributed by atoms with Crippen LogP contribution in [0.15, 0.2) is 24.3 Å². The molecule has 1 aromatic rings. The maximum atomic E-state index is 12.9. The highest BCUT2D eigenvalue weighted by atomic mass is 16.2. The van der Waals surface area contributed by atoms with E-state index in [1.54, 1.807) is 13.8 Å². The maximum absolute atomic E-state index is 12.9. The van der Waals surface area contributed by atoms with E-state index in [4.69, 9.17) is 0 Å². The van der Waals surface area contributed by atoms with Crippen molar-refractivity contribution in [3.05, 3.63) is 35.4 Å². The van der Waals surface area contributed by atoms with Crippen molar-refractivity contribution in [2.24, 2.45) is 11.8 Å². The summed E-state index contributed by atoms with van der Waals surface area (Å²) in [5.74, 6) is -1.29. The van der Waals surface area contributed by atoms with Gasteiger partial charge in [0.25, 0.3) is 0 Å². The first-order valence-corrected chi connectivity index (χ1v) is 9.86. The molecular formula is C22H30N2O3. The molecule has 1 aromatic carbocycles. The van der Waals surface area contributed by atoms with Crippen LogP contribution in [0.2, 0.25) is 0 Å². The van der Waals surface area contributed by atoms with E-state index < -0.39 is 0 Å². The van der Waals surface area contributed by atoms with Crippen molar-refractivity contribution in [1.29, 1.82) is 0 Å². The Morgan fingerprint density at radius 1 is 1.04 bits per heavy atom. The van der Waals surface area contributed by atoms with E-state index in [0.29, 0.717) is 6.54 Å². The highest BCUT2D eigenvalue weighted by molar-refractivity contribution is 6.07. The molecule has 3 unspecified atom stereocenters. The van der Waals surface area contributed by atoms with Crippen LogP contribution in [0.4, 0.5) is 0 Å². The first-order valence-electron chi connectivity index (χ1n) is 9.86. The highest BCUT2D eigenvalue weighted by Gasteiger charge is 2.44. The summed E-state index contributed by atoms with van der Waals surface area (Å²) in [7, 11) is 0. The van der Waals surface area contributed by atoms with Gasteiger partial charge in [-0.05, 0) is 29.4 Å². The lowest BCUT2D eigenvalue weighted by Gasteiger charge is -2.28. The Kier molecular flexibility index (Phi) is 5.15. The van der Waals surface area contributed by atoms with E-state index >= 15 is 0 Å². The molecule has 3 atom stereocenters. The summed E-state index contributed by atoms with van der Waals surface area (Å²) in [4.78, 5) is 40.5. The van der Waals surface area contributed by atoms with Gasteiger partial charge in [-0.25, -0.2) is 0 Å². The van der Waals surface area contributed by atoms with Crippen molar-refractivity contribution >= 4 is 17.7 Å². The van der Waals surface area contributed by atoms with Crippen molar-refractivity contribution in [3.8, 4) is 0 Å². The van der Waals surface area contributed by atoms with Gasteiger partial charge in [0.2, 0.25) is 17.7 Å². The minimum absolute atomic E-state index is 0.0224. The molecule has 0 spiro atoms. The molecule has 2 saturated heterocycles. The molecule has 2 aliphatic heterocycles. The van der Waals surface area contributed by atoms with Crippen molar-refractivity contribution in [2.75, 3.05) is 13.1 Å². The molecule has 5 nitrogen and oxygen atoms in total. The summed E-state index contributed by atoms with van der Waals surface area (Å²) >= 11 is 0. The Hall–Kier alpha value is -2.17. The molecule has 2 heterocycles. The number of carbonyl (C=O) groups is 3. The SMILES string of the molecule is CC1C(=O)N(CC(=O)N2CCCC2c2ccc(C(C)(C)C)cc2)C(=O)C1C. The van der Waals surface area contributed by atoms with Gasteiger partial charge in [-0.3, -0.25) is 19.3 Å². The van der Waals surface area contributed by atoms with E-state index in [-0.39, 0.29) is 47.6 Å². The second-order valence-corrected chi connectivity index (χ2v) is 8.96. The van der Waals surface area contributed by atoms with Crippen LogP contribution in [-0.4, -0.2) is 40.6 Å². The van der Waals surface area contributed by atoms with Gasteiger partial charge in [-0.15, -0.1) is 0 Å². The number of imide groups is 1. The fourth-order valence-electron chi connectivity index (χ4n) is 4.03. The van der Waals surface area contributed by atoms with E-state index in [1.807, 2.05) is 4.90 Å². The summed E-state index contributed by atoms with van der Waals surface area (Å²) in [6, 6.07) is 8.50. The molecule has 2 fully saturated rings. The Morgan fingerprint density at radius 3 is 2.11 bits per heavy atom. The minimum Gasteiger partial charge on any atom is -0.334 e. The van der Waals surface area contributed by atoms with Crippen LogP contribution in [0.1, 0.15) is 64.6 Å². The maximum Gasteiger partial charge on any atom is 0.243 e. The third-order valence-corrected chi connectivity index (χ3v) is 6.09. The molecule has 0 saturated carbocycles. The number of carbonyl (C=O) groups excluding carboxylic acids is 3. The zero-order valence-electron chi connectivity index (χ0n) is 17.0. The molecule has 0 N–H and O–H groups in total. The van der Waals surface area contributed by atoms with Gasteiger partial charge >= 0.3 is 0 Å². The van der Waals surface area contributed by atoms with Crippen LogP contribution in [0, 0.1) is 11.8 Å². The van der Waals surface area contributed by atoms with Gasteiger partial charge in [0.15, 0.2) is 0 Å². The molecule has 0 aliphatic carbocycles. The predicted molar refractivity (Wildman–Crippen MR) is 104 cm³/mol. The van der Waals surface area contributed by atoms with Crippen LogP contribution >= 0.6 is 0 Å². The van der Waals surface area contributed by atoms with Gasteiger partial charge in [0.05, 0.1) is 6.04 Å². The molecule has 27 heavy (non-hydrogen) atoms. The highest BCUT2D eigenvalue weighted by Crippen LogP contribution is 2.34. The number of hydrogen-bond donors (Lipinski definition) is 0. The van der Waals surface area contributed by atoms with Crippen molar-refractivity contribution in [2.45, 2.75) is 58.9 Å². The Balaban J connectivity index is 1.73. The summed E-state index contributed by atoms with van der Waals surface area (Å²) in [5, 5.41) is 0. The third kappa shape index (κ3) is 3.64. The van der Waals surface area contributed by atoms with E-state index in [0.717, 1.165) is 23.3 Å². The summed E-state index contributed by atoms with van der Waals surface area (Å²) in [6.07, 6.45) is 1.85. The van der Waals surface area contributed by atoms with Crippen molar-refractivity contribution in [1.82, 2.24) is 9.80 Å². The van der Waals surface area contributed by atoms with Gasteiger partial charge < -0.3 is 4.90 Å². The van der Waals surface area contributed by atoms with Gasteiger partial charge in [0, 0.05) is 18.4 Å². The topological polar surface area (TPSA) is 57.7 Å². The Morgan fingerprint density at radius 2 is 1.59 bits per heavy atom. The largest absolute Gasteiger partial charge is 0.334 e. The zero-order chi connectivity index (χ0) is 19.9. The second kappa shape index (κ2) is 7.10. The summed E-state index contributed by atoms with van der Waals surface area (Å²) in [5.41, 5.74) is 2.47. The summed E-state index contributed by atoms with van der Waals surface area (Å²) in [6.45, 7) is 10.6. The first-order chi connectivity index (χ1) is 12.6. The summed E-state index contributed by atoms with van der Waals surface area (Å²) < 4.78 is 0. The lowest BCUT2D eigenvalue weighted by Crippen LogP contribution is -2.42. The van der Waals surface area contributed by atoms with Crippen LogP contribution < -0.4 is 0 Å². The molecule has 3 rings (SSSR count). The van der Waals surface area contributed by atoms with Gasteiger partial charge in [0.1, 0.15) is 6.54 Å². The van der Waals surface area contributed by atoms with Crippen LogP contribution in [0.5, 0.6) is 0 Å². The molecular weight excluding hydrogens is 340 g/mol. The average Bonchev–Trinajstić information content (AvgIpc) is 3.18. The Labute approximate surface area is 161 Å². The number of benzene rings is 1. The quantitative estimate of drug-likeness (QED) is 0.767. The van der Waals surface area contributed by atoms with Crippen LogP contribution in [0.3, 0.4) is 0 Å². The normalized spacial score (nSPS) is 26.2. The lowest BCUT2D eigenvalue weighted by molar-refractivity contribution is -0.146. The van der Waals surface area contributed by atoms with Gasteiger partial charge in [-0.2, -0.15) is 0 Å². The third-order valence-electron chi connectivity index (χ3n) is 6.09. The molecule has 2 aliphatic rings. The second-order valence-electron chi connectivity index (χ2n) is 8.96. The number of amides is 3. The van der Waals surface area contributed by atoms with E-state index in [2.05, 4.69) is 45.0 Å². The smallest absolute Gasteiger partial charge is 0.243 e. The number of hydrogen-bond acceptors (Lipinski definition) is 3. The molecule has 146 valence electrons. The number of likely N-dealkylation sites (tertiary alicyclic amines) is 2. The van der Waals surface area contributed by atoms with E-state index in [1.165, 1.54) is 5.56 Å². The van der Waals surface area contributed by atoms with Crippen LogP contribution in [-0.2, 0) is 19.8 Å². The molecule has 0 radical (unpaired) electrons. The number of rotatable bonds is 3. The van der Waals surface area contributed by atoms with Crippen molar-refractivity contribution in [3.63, 3.8) is 0 Å². The average molecular weight is 370 g/mol. The molecule has 0 bridgehead atoms. The number of nitrogens with zero attached hydrogens (tertiary/aromatic N) is 2. The Bertz CT molecular complexity index is 728. The molecule has 5 heteroatoms. The molecule has 0 aromatic heterocycles. The van der Waals surface area contributed by atoms with E-state index in [9.17, 15) is 14.4 Å². The minimum atomic E-state index is -0.343. The van der Waals surface area contributed by atoms with Crippen LogP contribution in [0.25, 0.3) is 0 Å². The molecule has 3 amide bonds. The fraction of sp³-hybridized carbons (Fsp3) is 0.591.